The second-order valence-corrected chi connectivity index (χ2v) is 14.0. The maximum atomic E-state index is 12.7. The lowest BCUT2D eigenvalue weighted by Gasteiger charge is -2.58. The second-order valence-electron chi connectivity index (χ2n) is 14.0. The van der Waals surface area contributed by atoms with Gasteiger partial charge in [-0.1, -0.05) is 76.6 Å². The highest BCUT2D eigenvalue weighted by molar-refractivity contribution is 5.89. The summed E-state index contributed by atoms with van der Waals surface area (Å²) in [6.07, 6.45) is 15.1. The first-order valence-corrected chi connectivity index (χ1v) is 15.3. The molecule has 2 nitrogen and oxygen atoms in total. The highest BCUT2D eigenvalue weighted by Crippen LogP contribution is 2.67. The third kappa shape index (κ3) is 4.87. The highest BCUT2D eigenvalue weighted by atomic mass is 16.5. The van der Waals surface area contributed by atoms with Crippen molar-refractivity contribution in [2.75, 3.05) is 0 Å². The van der Waals surface area contributed by atoms with Gasteiger partial charge < -0.3 is 4.74 Å². The maximum absolute atomic E-state index is 12.7. The molecule has 8 atom stereocenters. The molecule has 202 valence electrons. The van der Waals surface area contributed by atoms with Crippen LogP contribution >= 0.6 is 0 Å². The summed E-state index contributed by atoms with van der Waals surface area (Å²) in [6.45, 7) is 16.7. The van der Waals surface area contributed by atoms with Crippen molar-refractivity contribution in [3.05, 3.63) is 59.7 Å². The van der Waals surface area contributed by atoms with Crippen LogP contribution in [0.1, 0.15) is 109 Å². The predicted molar refractivity (Wildman–Crippen MR) is 153 cm³/mol. The number of ether oxygens (including phenoxy) is 1. The molecule has 0 spiro atoms. The molecule has 3 saturated carbocycles. The van der Waals surface area contributed by atoms with Gasteiger partial charge in [-0.3, -0.25) is 0 Å². The Balaban J connectivity index is 1.26. The van der Waals surface area contributed by atoms with Gasteiger partial charge in [0.25, 0.3) is 0 Å². The Kier molecular flexibility index (Phi) is 7.51. The van der Waals surface area contributed by atoms with Gasteiger partial charge in [-0.2, -0.15) is 0 Å². The van der Waals surface area contributed by atoms with E-state index in [9.17, 15) is 4.79 Å². The Morgan fingerprint density at radius 1 is 1.00 bits per heavy atom. The average Bonchev–Trinajstić information content (AvgIpc) is 3.25. The monoisotopic (exact) mass is 502 g/mol. The Labute approximate surface area is 226 Å². The molecule has 0 N–H and O–H groups in total. The standard InChI is InChI=1S/C35H50O2/c1-23(2)24(3)12-13-25(4)30-16-17-31-29-15-14-27-22-28(37-33(36)26-10-8-7-9-11-26)18-20-34(27,5)32(29)19-21-35(30,31)6/h7-11,15,23,25,27-28,30-32H,3,12-14,16-22H2,1-2,4-6H3/t25-,27+,28+,30-,31+,32+,34+,35-/m1/s1. The van der Waals surface area contributed by atoms with E-state index in [4.69, 9.17) is 4.74 Å². The van der Waals surface area contributed by atoms with Crippen LogP contribution in [-0.2, 0) is 4.74 Å². The second kappa shape index (κ2) is 10.4. The van der Waals surface area contributed by atoms with Gasteiger partial charge in [0.1, 0.15) is 6.10 Å². The van der Waals surface area contributed by atoms with Crippen LogP contribution in [0.5, 0.6) is 0 Å². The molecule has 3 fully saturated rings. The highest BCUT2D eigenvalue weighted by Gasteiger charge is 2.58. The summed E-state index contributed by atoms with van der Waals surface area (Å²) < 4.78 is 6.02. The van der Waals surface area contributed by atoms with E-state index in [1.807, 2.05) is 35.9 Å². The molecule has 0 unspecified atom stereocenters. The number of fused-ring (bicyclic) bond motifs is 5. The maximum Gasteiger partial charge on any atom is 0.338 e. The number of carbonyl (C=O) groups excluding carboxylic acids is 1. The summed E-state index contributed by atoms with van der Waals surface area (Å²) in [5, 5.41) is 0. The average molecular weight is 503 g/mol. The van der Waals surface area contributed by atoms with E-state index in [1.165, 1.54) is 56.9 Å². The summed E-state index contributed by atoms with van der Waals surface area (Å²) in [5.41, 5.74) is 4.75. The van der Waals surface area contributed by atoms with E-state index in [0.717, 1.165) is 36.5 Å². The zero-order valence-electron chi connectivity index (χ0n) is 24.1. The molecule has 5 rings (SSSR count). The lowest BCUT2D eigenvalue weighted by molar-refractivity contribution is -0.0523. The van der Waals surface area contributed by atoms with Gasteiger partial charge in [-0.15, -0.1) is 0 Å². The minimum Gasteiger partial charge on any atom is -0.459 e. The first-order valence-electron chi connectivity index (χ1n) is 15.3. The van der Waals surface area contributed by atoms with Crippen LogP contribution in [0.3, 0.4) is 0 Å². The van der Waals surface area contributed by atoms with Gasteiger partial charge in [0.2, 0.25) is 0 Å². The lowest BCUT2D eigenvalue weighted by Crippen LogP contribution is -2.50. The van der Waals surface area contributed by atoms with Gasteiger partial charge in [-0.25, -0.2) is 4.79 Å². The minimum absolute atomic E-state index is 0.0619. The Morgan fingerprint density at radius 3 is 2.43 bits per heavy atom. The van der Waals surface area contributed by atoms with Gasteiger partial charge in [0.15, 0.2) is 0 Å². The van der Waals surface area contributed by atoms with Crippen molar-refractivity contribution in [2.45, 2.75) is 105 Å². The molecule has 37 heavy (non-hydrogen) atoms. The lowest BCUT2D eigenvalue weighted by atomic mass is 9.47. The minimum atomic E-state index is -0.155. The smallest absolute Gasteiger partial charge is 0.338 e. The van der Waals surface area contributed by atoms with E-state index in [-0.39, 0.29) is 12.1 Å². The summed E-state index contributed by atoms with van der Waals surface area (Å²) in [4.78, 5) is 12.7. The van der Waals surface area contributed by atoms with Crippen molar-refractivity contribution in [1.29, 1.82) is 0 Å². The van der Waals surface area contributed by atoms with Crippen molar-refractivity contribution < 1.29 is 9.53 Å². The topological polar surface area (TPSA) is 26.3 Å². The Hall–Kier alpha value is -1.83. The number of rotatable bonds is 7. The molecular weight excluding hydrogens is 452 g/mol. The largest absolute Gasteiger partial charge is 0.459 e. The molecule has 0 bridgehead atoms. The number of hydrogen-bond donors (Lipinski definition) is 0. The third-order valence-electron chi connectivity index (χ3n) is 11.8. The first-order chi connectivity index (χ1) is 17.6. The molecule has 0 aromatic heterocycles. The van der Waals surface area contributed by atoms with Crippen molar-refractivity contribution in [1.82, 2.24) is 0 Å². The van der Waals surface area contributed by atoms with Crippen LogP contribution < -0.4 is 0 Å². The number of benzene rings is 1. The zero-order chi connectivity index (χ0) is 26.4. The summed E-state index contributed by atoms with van der Waals surface area (Å²) in [7, 11) is 0. The molecule has 2 heteroatoms. The Bertz CT molecular complexity index is 1020. The summed E-state index contributed by atoms with van der Waals surface area (Å²) in [5.74, 6) is 4.21. The summed E-state index contributed by atoms with van der Waals surface area (Å²) >= 11 is 0. The molecule has 0 radical (unpaired) electrons. The number of esters is 1. The molecule has 0 saturated heterocycles. The SMILES string of the molecule is C=C(CC[C@@H](C)[C@H]1CC[C@H]2C3=CC[C@H]4C[C@@H](OC(=O)c5ccccc5)CC[C@]4(C)[C@H]3CC[C@]12C)C(C)C. The summed E-state index contributed by atoms with van der Waals surface area (Å²) in [6, 6.07) is 9.49. The zero-order valence-corrected chi connectivity index (χ0v) is 24.1. The van der Waals surface area contributed by atoms with Gasteiger partial charge in [0, 0.05) is 0 Å². The van der Waals surface area contributed by atoms with Gasteiger partial charge in [-0.05, 0) is 123 Å². The van der Waals surface area contributed by atoms with E-state index >= 15 is 0 Å². The molecule has 4 aliphatic carbocycles. The first kappa shape index (κ1) is 26.8. The van der Waals surface area contributed by atoms with E-state index in [2.05, 4.69) is 47.3 Å². The van der Waals surface area contributed by atoms with Crippen LogP contribution in [0.25, 0.3) is 0 Å². The van der Waals surface area contributed by atoms with Crippen molar-refractivity contribution in [2.24, 2.45) is 46.3 Å². The Morgan fingerprint density at radius 2 is 1.70 bits per heavy atom. The third-order valence-corrected chi connectivity index (χ3v) is 11.8. The van der Waals surface area contributed by atoms with Crippen molar-refractivity contribution in [3.63, 3.8) is 0 Å². The molecule has 4 aliphatic rings. The van der Waals surface area contributed by atoms with Crippen LogP contribution in [0.15, 0.2) is 54.1 Å². The molecular formula is C35H50O2. The molecule has 0 aliphatic heterocycles. The fourth-order valence-corrected chi connectivity index (χ4v) is 9.25. The van der Waals surface area contributed by atoms with E-state index in [0.29, 0.717) is 28.2 Å². The number of allylic oxidation sites excluding steroid dienone is 3. The fraction of sp³-hybridized carbons (Fsp3) is 0.686. The fourth-order valence-electron chi connectivity index (χ4n) is 9.25. The number of hydrogen-bond acceptors (Lipinski definition) is 2. The van der Waals surface area contributed by atoms with Crippen LogP contribution in [0.4, 0.5) is 0 Å². The molecule has 0 amide bonds. The molecule has 0 heterocycles. The van der Waals surface area contributed by atoms with Crippen LogP contribution in [0.2, 0.25) is 0 Å². The normalized spacial score (nSPS) is 37.7. The van der Waals surface area contributed by atoms with Crippen molar-refractivity contribution in [3.8, 4) is 0 Å². The van der Waals surface area contributed by atoms with Gasteiger partial charge >= 0.3 is 5.97 Å². The quantitative estimate of drug-likeness (QED) is 0.274. The van der Waals surface area contributed by atoms with Crippen LogP contribution in [0, 0.1) is 46.3 Å². The van der Waals surface area contributed by atoms with E-state index < -0.39 is 0 Å². The van der Waals surface area contributed by atoms with E-state index in [1.54, 1.807) is 0 Å². The molecule has 1 aromatic carbocycles. The van der Waals surface area contributed by atoms with Crippen molar-refractivity contribution >= 4 is 5.97 Å². The predicted octanol–water partition coefficient (Wildman–Crippen LogP) is 9.42. The van der Waals surface area contributed by atoms with Crippen LogP contribution in [-0.4, -0.2) is 12.1 Å². The number of carbonyl (C=O) groups is 1. The van der Waals surface area contributed by atoms with Gasteiger partial charge in [0.05, 0.1) is 5.56 Å². The molecule has 1 aromatic rings.